The first-order valence-electron chi connectivity index (χ1n) is 9.21. The van der Waals surface area contributed by atoms with Crippen LogP contribution in [0.25, 0.3) is 11.0 Å². The third kappa shape index (κ3) is 3.31. The van der Waals surface area contributed by atoms with E-state index in [4.69, 9.17) is 4.42 Å². The number of piperazine rings is 1. The van der Waals surface area contributed by atoms with Crippen molar-refractivity contribution in [3.05, 3.63) is 65.4 Å². The smallest absolute Gasteiger partial charge is 0.289 e. The number of amides is 1. The lowest BCUT2D eigenvalue weighted by molar-refractivity contribution is 0.0668. The summed E-state index contributed by atoms with van der Waals surface area (Å²) in [6.45, 7) is 4.87. The highest BCUT2D eigenvalue weighted by atomic mass is 32.2. The number of benzene rings is 2. The molecule has 0 unspecified atom stereocenters. The molecule has 1 aliphatic rings. The molecule has 1 fully saturated rings. The first kappa shape index (κ1) is 18.7. The maximum absolute atomic E-state index is 13.0. The van der Waals surface area contributed by atoms with Crippen LogP contribution in [0.5, 0.6) is 0 Å². The van der Waals surface area contributed by atoms with Crippen LogP contribution in [0.1, 0.15) is 21.7 Å². The van der Waals surface area contributed by atoms with Crippen LogP contribution in [-0.4, -0.2) is 49.7 Å². The van der Waals surface area contributed by atoms with E-state index < -0.39 is 10.0 Å². The van der Waals surface area contributed by atoms with Crippen molar-refractivity contribution in [2.45, 2.75) is 18.7 Å². The van der Waals surface area contributed by atoms with E-state index in [2.05, 4.69) is 0 Å². The van der Waals surface area contributed by atoms with Gasteiger partial charge in [0, 0.05) is 31.6 Å². The molecule has 2 aromatic carbocycles. The number of carbonyl (C=O) groups is 1. The summed E-state index contributed by atoms with van der Waals surface area (Å²) in [5, 5.41) is 0.877. The molecule has 7 heteroatoms. The number of carbonyl (C=O) groups excluding carboxylic acids is 1. The second kappa shape index (κ2) is 7.07. The molecule has 3 aromatic rings. The zero-order valence-electron chi connectivity index (χ0n) is 15.9. The number of aryl methyl sites for hydroxylation is 2. The van der Waals surface area contributed by atoms with Crippen molar-refractivity contribution >= 4 is 26.9 Å². The summed E-state index contributed by atoms with van der Waals surface area (Å²) in [6, 6.07) is 14.6. The van der Waals surface area contributed by atoms with E-state index in [1.165, 1.54) is 4.31 Å². The summed E-state index contributed by atoms with van der Waals surface area (Å²) in [4.78, 5) is 14.7. The minimum absolute atomic E-state index is 0.208. The molecule has 6 nitrogen and oxygen atoms in total. The molecule has 0 saturated carbocycles. The summed E-state index contributed by atoms with van der Waals surface area (Å²) in [6.07, 6.45) is 0. The van der Waals surface area contributed by atoms with Crippen LogP contribution in [0.4, 0.5) is 0 Å². The van der Waals surface area contributed by atoms with Crippen LogP contribution in [0.15, 0.2) is 57.8 Å². The Kier molecular flexibility index (Phi) is 4.72. The first-order valence-corrected chi connectivity index (χ1v) is 10.7. The molecule has 0 spiro atoms. The van der Waals surface area contributed by atoms with E-state index in [-0.39, 0.29) is 24.8 Å². The Bertz CT molecular complexity index is 1110. The normalized spacial score (nSPS) is 15.9. The highest BCUT2D eigenvalue weighted by Crippen LogP contribution is 2.24. The Balaban J connectivity index is 1.49. The number of para-hydroxylation sites is 1. The van der Waals surface area contributed by atoms with Crippen molar-refractivity contribution in [1.29, 1.82) is 0 Å². The molecule has 2 heterocycles. The maximum Gasteiger partial charge on any atom is 0.289 e. The minimum Gasteiger partial charge on any atom is -0.451 e. The highest BCUT2D eigenvalue weighted by molar-refractivity contribution is 7.89. The molecule has 0 N–H and O–H groups in total. The molecule has 1 aromatic heterocycles. The summed E-state index contributed by atoms with van der Waals surface area (Å²) >= 11 is 0. The molecule has 0 aliphatic carbocycles. The fraction of sp³-hybridized carbons (Fsp3) is 0.286. The minimum atomic E-state index is -3.58. The SMILES string of the molecule is Cc1ccc(C)c(S(=O)(=O)N2CCN(C(=O)c3cc4ccccc4o3)CC2)c1. The first-order chi connectivity index (χ1) is 13.4. The second-order valence-corrected chi connectivity index (χ2v) is 9.02. The van der Waals surface area contributed by atoms with Gasteiger partial charge in [-0.05, 0) is 43.2 Å². The van der Waals surface area contributed by atoms with Gasteiger partial charge in [-0.1, -0.05) is 30.3 Å². The average Bonchev–Trinajstić information content (AvgIpc) is 3.13. The van der Waals surface area contributed by atoms with E-state index in [0.29, 0.717) is 23.6 Å². The predicted molar refractivity (Wildman–Crippen MR) is 107 cm³/mol. The van der Waals surface area contributed by atoms with Gasteiger partial charge < -0.3 is 9.32 Å². The van der Waals surface area contributed by atoms with Crippen LogP contribution >= 0.6 is 0 Å². The quantitative estimate of drug-likeness (QED) is 0.679. The van der Waals surface area contributed by atoms with Gasteiger partial charge in [-0.3, -0.25) is 4.79 Å². The van der Waals surface area contributed by atoms with Crippen molar-refractivity contribution in [2.24, 2.45) is 0 Å². The molecule has 1 saturated heterocycles. The van der Waals surface area contributed by atoms with Crippen molar-refractivity contribution in [1.82, 2.24) is 9.21 Å². The Morgan fingerprint density at radius 1 is 0.964 bits per heavy atom. The standard InChI is InChI=1S/C21H22N2O4S/c1-15-7-8-16(2)20(13-15)28(25,26)23-11-9-22(10-12-23)21(24)19-14-17-5-3-4-6-18(17)27-19/h3-8,13-14H,9-12H2,1-2H3. The third-order valence-electron chi connectivity index (χ3n) is 5.12. The van der Waals surface area contributed by atoms with Crippen molar-refractivity contribution in [3.63, 3.8) is 0 Å². The Hall–Kier alpha value is -2.64. The molecule has 0 atom stereocenters. The molecule has 146 valence electrons. The largest absolute Gasteiger partial charge is 0.451 e. The number of nitrogens with zero attached hydrogens (tertiary/aromatic N) is 2. The van der Waals surface area contributed by atoms with Crippen LogP contribution < -0.4 is 0 Å². The lowest BCUT2D eigenvalue weighted by Crippen LogP contribution is -2.50. The van der Waals surface area contributed by atoms with Gasteiger partial charge in [0.25, 0.3) is 5.91 Å². The summed E-state index contributed by atoms with van der Waals surface area (Å²) in [5.41, 5.74) is 2.30. The zero-order chi connectivity index (χ0) is 19.9. The van der Waals surface area contributed by atoms with Crippen LogP contribution in [-0.2, 0) is 10.0 Å². The van der Waals surface area contributed by atoms with Gasteiger partial charge in [0.2, 0.25) is 10.0 Å². The Morgan fingerprint density at radius 2 is 1.68 bits per heavy atom. The fourth-order valence-electron chi connectivity index (χ4n) is 3.50. The van der Waals surface area contributed by atoms with Crippen LogP contribution in [0.3, 0.4) is 0 Å². The molecular formula is C21H22N2O4S. The molecule has 0 radical (unpaired) electrons. The lowest BCUT2D eigenvalue weighted by atomic mass is 10.2. The van der Waals surface area contributed by atoms with Gasteiger partial charge in [0.05, 0.1) is 4.90 Å². The predicted octanol–water partition coefficient (Wildman–Crippen LogP) is 3.20. The number of furan rings is 1. The fourth-order valence-corrected chi connectivity index (χ4v) is 5.23. The summed E-state index contributed by atoms with van der Waals surface area (Å²) in [5.74, 6) is 0.0759. The Morgan fingerprint density at radius 3 is 2.39 bits per heavy atom. The average molecular weight is 398 g/mol. The number of hydrogen-bond donors (Lipinski definition) is 0. The molecule has 28 heavy (non-hydrogen) atoms. The molecule has 1 aliphatic heterocycles. The van der Waals surface area contributed by atoms with E-state index in [9.17, 15) is 13.2 Å². The van der Waals surface area contributed by atoms with E-state index in [1.807, 2.05) is 43.3 Å². The van der Waals surface area contributed by atoms with Crippen LogP contribution in [0.2, 0.25) is 0 Å². The van der Waals surface area contributed by atoms with E-state index in [0.717, 1.165) is 16.5 Å². The molecule has 0 bridgehead atoms. The lowest BCUT2D eigenvalue weighted by Gasteiger charge is -2.33. The Labute approximate surface area is 164 Å². The van der Waals surface area contributed by atoms with Gasteiger partial charge in [0.1, 0.15) is 5.58 Å². The van der Waals surface area contributed by atoms with E-state index >= 15 is 0 Å². The molecule has 4 rings (SSSR count). The molecule has 1 amide bonds. The van der Waals surface area contributed by atoms with Crippen LogP contribution in [0, 0.1) is 13.8 Å². The maximum atomic E-state index is 13.0. The molecular weight excluding hydrogens is 376 g/mol. The summed E-state index contributed by atoms with van der Waals surface area (Å²) in [7, 11) is -3.58. The number of sulfonamides is 1. The van der Waals surface area contributed by atoms with Gasteiger partial charge in [-0.25, -0.2) is 8.42 Å². The van der Waals surface area contributed by atoms with Gasteiger partial charge >= 0.3 is 0 Å². The van der Waals surface area contributed by atoms with Crippen molar-refractivity contribution < 1.29 is 17.6 Å². The highest BCUT2D eigenvalue weighted by Gasteiger charge is 2.32. The second-order valence-electron chi connectivity index (χ2n) is 7.11. The van der Waals surface area contributed by atoms with E-state index in [1.54, 1.807) is 24.0 Å². The number of hydrogen-bond acceptors (Lipinski definition) is 4. The summed E-state index contributed by atoms with van der Waals surface area (Å²) < 4.78 is 33.2. The van der Waals surface area contributed by atoms with Gasteiger partial charge in [-0.2, -0.15) is 4.31 Å². The van der Waals surface area contributed by atoms with Gasteiger partial charge in [-0.15, -0.1) is 0 Å². The zero-order valence-corrected chi connectivity index (χ0v) is 16.7. The number of rotatable bonds is 3. The number of fused-ring (bicyclic) bond motifs is 1. The van der Waals surface area contributed by atoms with Crippen molar-refractivity contribution in [3.8, 4) is 0 Å². The van der Waals surface area contributed by atoms with Crippen molar-refractivity contribution in [2.75, 3.05) is 26.2 Å². The van der Waals surface area contributed by atoms with Gasteiger partial charge in [0.15, 0.2) is 5.76 Å². The monoisotopic (exact) mass is 398 g/mol. The third-order valence-corrected chi connectivity index (χ3v) is 7.16. The topological polar surface area (TPSA) is 70.8 Å².